The maximum atomic E-state index is 13.1. The molecule has 2 aromatic carbocycles. The Bertz CT molecular complexity index is 1050. The Morgan fingerprint density at radius 3 is 2.38 bits per heavy atom. The Morgan fingerprint density at radius 1 is 1.00 bits per heavy atom. The van der Waals surface area contributed by atoms with Crippen molar-refractivity contribution in [3.05, 3.63) is 101 Å². The first-order chi connectivity index (χ1) is 15.3. The lowest BCUT2D eigenvalue weighted by molar-refractivity contribution is -0.152. The molecule has 3 aromatic rings. The highest BCUT2D eigenvalue weighted by atomic mass is 19.4. The average molecular weight is 441 g/mol. The molecule has 0 saturated carbocycles. The summed E-state index contributed by atoms with van der Waals surface area (Å²) >= 11 is 0. The second-order valence-corrected chi connectivity index (χ2v) is 7.31. The number of pyridine rings is 1. The van der Waals surface area contributed by atoms with Gasteiger partial charge in [-0.25, -0.2) is 0 Å². The summed E-state index contributed by atoms with van der Waals surface area (Å²) in [4.78, 5) is 30.1. The van der Waals surface area contributed by atoms with Gasteiger partial charge in [0, 0.05) is 18.0 Å². The van der Waals surface area contributed by atoms with Gasteiger partial charge in [-0.3, -0.25) is 14.6 Å². The number of hydrogen-bond donors (Lipinski definition) is 0. The van der Waals surface area contributed by atoms with Crippen LogP contribution < -0.4 is 0 Å². The van der Waals surface area contributed by atoms with Crippen molar-refractivity contribution in [3.63, 3.8) is 0 Å². The van der Waals surface area contributed by atoms with E-state index in [0.29, 0.717) is 0 Å². The van der Waals surface area contributed by atoms with Crippen molar-refractivity contribution >= 4 is 11.8 Å². The van der Waals surface area contributed by atoms with E-state index in [1.165, 1.54) is 24.5 Å². The Hall–Kier alpha value is -3.48. The van der Waals surface area contributed by atoms with E-state index in [2.05, 4.69) is 4.98 Å². The molecule has 0 aliphatic rings. The molecule has 0 aliphatic carbocycles. The number of aromatic nitrogens is 1. The molecule has 4 nitrogen and oxygen atoms in total. The van der Waals surface area contributed by atoms with Crippen molar-refractivity contribution in [1.29, 1.82) is 0 Å². The SMILES string of the molecule is CCC(OC(=O)C(Cc1ccccc1)C(=O)c1cccnc1)c1cccc(C(F)(F)F)c1. The highest BCUT2D eigenvalue weighted by Crippen LogP contribution is 2.32. The summed E-state index contributed by atoms with van der Waals surface area (Å²) in [6.07, 6.45) is -2.17. The quantitative estimate of drug-likeness (QED) is 0.251. The Kier molecular flexibility index (Phi) is 7.41. The predicted molar refractivity (Wildman–Crippen MR) is 113 cm³/mol. The number of hydrogen-bond acceptors (Lipinski definition) is 4. The number of alkyl halides is 3. The van der Waals surface area contributed by atoms with Gasteiger partial charge in [0.25, 0.3) is 0 Å². The molecular weight excluding hydrogens is 419 g/mol. The van der Waals surface area contributed by atoms with E-state index in [-0.39, 0.29) is 24.0 Å². The van der Waals surface area contributed by atoms with Gasteiger partial charge in [-0.1, -0.05) is 49.4 Å². The monoisotopic (exact) mass is 441 g/mol. The van der Waals surface area contributed by atoms with Gasteiger partial charge >= 0.3 is 12.1 Å². The molecule has 2 unspecified atom stereocenters. The third-order valence-electron chi connectivity index (χ3n) is 5.04. The lowest BCUT2D eigenvalue weighted by atomic mass is 9.91. The van der Waals surface area contributed by atoms with Gasteiger partial charge in [0.2, 0.25) is 0 Å². The molecule has 2 atom stereocenters. The first kappa shape index (κ1) is 23.2. The number of halogens is 3. The van der Waals surface area contributed by atoms with Gasteiger partial charge in [0.15, 0.2) is 5.78 Å². The Morgan fingerprint density at radius 2 is 1.75 bits per heavy atom. The number of carbonyl (C=O) groups excluding carboxylic acids is 2. The van der Waals surface area contributed by atoms with Crippen molar-refractivity contribution in [2.75, 3.05) is 0 Å². The van der Waals surface area contributed by atoms with E-state index >= 15 is 0 Å². The second-order valence-electron chi connectivity index (χ2n) is 7.31. The molecule has 3 rings (SSSR count). The fourth-order valence-electron chi connectivity index (χ4n) is 3.37. The van der Waals surface area contributed by atoms with Crippen LogP contribution in [0.5, 0.6) is 0 Å². The summed E-state index contributed by atoms with van der Waals surface area (Å²) in [7, 11) is 0. The fourth-order valence-corrected chi connectivity index (χ4v) is 3.37. The van der Waals surface area contributed by atoms with E-state index < -0.39 is 35.5 Å². The molecule has 0 radical (unpaired) electrons. The van der Waals surface area contributed by atoms with Crippen LogP contribution in [0.4, 0.5) is 13.2 Å². The highest BCUT2D eigenvalue weighted by molar-refractivity contribution is 6.08. The summed E-state index contributed by atoms with van der Waals surface area (Å²) in [6.45, 7) is 1.70. The number of rotatable bonds is 8. The van der Waals surface area contributed by atoms with Crippen LogP contribution in [0.15, 0.2) is 79.1 Å². The van der Waals surface area contributed by atoms with Gasteiger partial charge < -0.3 is 4.74 Å². The van der Waals surface area contributed by atoms with Crippen molar-refractivity contribution in [2.24, 2.45) is 5.92 Å². The zero-order chi connectivity index (χ0) is 23.1. The minimum atomic E-state index is -4.51. The summed E-state index contributed by atoms with van der Waals surface area (Å²) in [6, 6.07) is 16.8. The van der Waals surface area contributed by atoms with E-state index in [1.54, 1.807) is 43.3 Å². The number of benzene rings is 2. The Labute approximate surface area is 184 Å². The molecule has 0 saturated heterocycles. The van der Waals surface area contributed by atoms with E-state index in [0.717, 1.165) is 17.7 Å². The topological polar surface area (TPSA) is 56.3 Å². The summed E-state index contributed by atoms with van der Waals surface area (Å²) < 4.78 is 44.9. The zero-order valence-corrected chi connectivity index (χ0v) is 17.4. The first-order valence-electron chi connectivity index (χ1n) is 10.2. The van der Waals surface area contributed by atoms with Crippen LogP contribution in [0.25, 0.3) is 0 Å². The van der Waals surface area contributed by atoms with Gasteiger partial charge in [0.1, 0.15) is 12.0 Å². The largest absolute Gasteiger partial charge is 0.457 e. The normalized spacial score (nSPS) is 13.2. The van der Waals surface area contributed by atoms with Crippen LogP contribution in [0.1, 0.15) is 46.5 Å². The minimum Gasteiger partial charge on any atom is -0.457 e. The maximum Gasteiger partial charge on any atom is 0.416 e. The van der Waals surface area contributed by atoms with Crippen molar-refractivity contribution < 1.29 is 27.5 Å². The zero-order valence-electron chi connectivity index (χ0n) is 17.4. The third-order valence-corrected chi connectivity index (χ3v) is 5.04. The van der Waals surface area contributed by atoms with E-state index in [9.17, 15) is 22.8 Å². The predicted octanol–water partition coefficient (Wildman–Crippen LogP) is 5.84. The van der Waals surface area contributed by atoms with Crippen LogP contribution in [0, 0.1) is 5.92 Å². The number of esters is 1. The summed E-state index contributed by atoms with van der Waals surface area (Å²) in [5.74, 6) is -2.39. The van der Waals surface area contributed by atoms with Gasteiger partial charge in [-0.15, -0.1) is 0 Å². The van der Waals surface area contributed by atoms with Crippen molar-refractivity contribution in [1.82, 2.24) is 4.98 Å². The fraction of sp³-hybridized carbons (Fsp3) is 0.240. The second kappa shape index (κ2) is 10.2. The van der Waals surface area contributed by atoms with E-state index in [1.807, 2.05) is 6.07 Å². The number of nitrogens with zero attached hydrogens (tertiary/aromatic N) is 1. The smallest absolute Gasteiger partial charge is 0.416 e. The van der Waals surface area contributed by atoms with Crippen LogP contribution in [-0.2, 0) is 22.1 Å². The van der Waals surface area contributed by atoms with Gasteiger partial charge in [0.05, 0.1) is 5.56 Å². The molecule has 0 aliphatic heterocycles. The molecule has 0 bridgehead atoms. The lowest BCUT2D eigenvalue weighted by Gasteiger charge is -2.22. The molecule has 1 heterocycles. The molecule has 1 aromatic heterocycles. The lowest BCUT2D eigenvalue weighted by Crippen LogP contribution is -2.29. The summed E-state index contributed by atoms with van der Waals surface area (Å²) in [5, 5.41) is 0. The van der Waals surface area contributed by atoms with Crippen LogP contribution in [-0.4, -0.2) is 16.7 Å². The van der Waals surface area contributed by atoms with Gasteiger partial charge in [-0.2, -0.15) is 13.2 Å². The first-order valence-corrected chi connectivity index (χ1v) is 10.2. The number of Topliss-reactive ketones (excluding diaryl/α,β-unsaturated/α-hetero) is 1. The minimum absolute atomic E-state index is 0.104. The Balaban J connectivity index is 1.87. The van der Waals surface area contributed by atoms with Crippen LogP contribution >= 0.6 is 0 Å². The molecular formula is C25H22F3NO3. The molecule has 7 heteroatoms. The van der Waals surface area contributed by atoms with Crippen molar-refractivity contribution in [3.8, 4) is 0 Å². The molecule has 0 amide bonds. The standard InChI is InChI=1S/C25H22F3NO3/c1-2-22(18-10-6-12-20(15-18)25(26,27)28)32-24(31)21(14-17-8-4-3-5-9-17)23(30)19-11-7-13-29-16-19/h3-13,15-16,21-22H,2,14H2,1H3. The molecule has 0 spiro atoms. The molecule has 32 heavy (non-hydrogen) atoms. The summed E-state index contributed by atoms with van der Waals surface area (Å²) in [5.41, 5.74) is 0.427. The number of carbonyl (C=O) groups is 2. The third kappa shape index (κ3) is 5.81. The average Bonchev–Trinajstić information content (AvgIpc) is 2.81. The molecule has 166 valence electrons. The highest BCUT2D eigenvalue weighted by Gasteiger charge is 2.33. The van der Waals surface area contributed by atoms with Crippen molar-refractivity contribution in [2.45, 2.75) is 32.0 Å². The van der Waals surface area contributed by atoms with Gasteiger partial charge in [-0.05, 0) is 48.2 Å². The maximum absolute atomic E-state index is 13.1. The van der Waals surface area contributed by atoms with Crippen LogP contribution in [0.3, 0.4) is 0 Å². The number of ether oxygens (including phenoxy) is 1. The molecule has 0 N–H and O–H groups in total. The number of ketones is 1. The molecule has 0 fully saturated rings. The van der Waals surface area contributed by atoms with E-state index in [4.69, 9.17) is 4.74 Å². The van der Waals surface area contributed by atoms with Crippen LogP contribution in [0.2, 0.25) is 0 Å².